The number of hydrogen-bond acceptors (Lipinski definition) is 4. The van der Waals surface area contributed by atoms with Crippen LogP contribution in [0.1, 0.15) is 36.1 Å². The molecular weight excluding hydrogens is 368 g/mol. The van der Waals surface area contributed by atoms with E-state index >= 15 is 0 Å². The minimum absolute atomic E-state index is 0.0547. The summed E-state index contributed by atoms with van der Waals surface area (Å²) in [6, 6.07) is 11.6. The molecule has 0 aliphatic carbocycles. The van der Waals surface area contributed by atoms with Crippen molar-refractivity contribution < 1.29 is 19.1 Å². The van der Waals surface area contributed by atoms with Gasteiger partial charge in [0.15, 0.2) is 11.5 Å². The van der Waals surface area contributed by atoms with Gasteiger partial charge in [0, 0.05) is 24.7 Å². The molecule has 0 radical (unpaired) electrons. The third kappa shape index (κ3) is 4.06. The number of ether oxygens (including phenoxy) is 2. The fraction of sp³-hybridized carbons (Fsp3) is 0.391. The van der Waals surface area contributed by atoms with Crippen LogP contribution in [0.25, 0.3) is 0 Å². The number of carbonyl (C=O) groups excluding carboxylic acids is 2. The van der Waals surface area contributed by atoms with Gasteiger partial charge in [0.2, 0.25) is 11.8 Å². The van der Waals surface area contributed by atoms with Gasteiger partial charge in [-0.3, -0.25) is 9.59 Å². The van der Waals surface area contributed by atoms with E-state index in [1.54, 1.807) is 4.90 Å². The van der Waals surface area contributed by atoms with Gasteiger partial charge < -0.3 is 19.7 Å². The molecule has 2 unspecified atom stereocenters. The van der Waals surface area contributed by atoms with Crippen molar-refractivity contribution in [2.75, 3.05) is 24.7 Å². The second-order valence-electron chi connectivity index (χ2n) is 7.88. The normalized spacial score (nSPS) is 19.2. The first kappa shape index (κ1) is 19.3. The van der Waals surface area contributed by atoms with Crippen molar-refractivity contribution >= 4 is 17.5 Å². The highest BCUT2D eigenvalue weighted by molar-refractivity contribution is 6.00. The lowest BCUT2D eigenvalue weighted by Gasteiger charge is -2.22. The molecule has 2 atom stereocenters. The summed E-state index contributed by atoms with van der Waals surface area (Å²) < 4.78 is 11.1. The number of anilines is 1. The van der Waals surface area contributed by atoms with Crippen LogP contribution in [0.2, 0.25) is 0 Å². The summed E-state index contributed by atoms with van der Waals surface area (Å²) in [5.74, 6) is 0.802. The lowest BCUT2D eigenvalue weighted by atomic mass is 10.0. The summed E-state index contributed by atoms with van der Waals surface area (Å²) in [5, 5.41) is 3.07. The molecule has 0 bridgehead atoms. The van der Waals surface area contributed by atoms with Gasteiger partial charge >= 0.3 is 0 Å². The molecule has 2 aromatic carbocycles. The first-order chi connectivity index (χ1) is 13.9. The lowest BCUT2D eigenvalue weighted by Crippen LogP contribution is -2.34. The van der Waals surface area contributed by atoms with Crippen molar-refractivity contribution in [2.24, 2.45) is 5.92 Å². The van der Waals surface area contributed by atoms with E-state index in [-0.39, 0.29) is 30.2 Å². The molecule has 1 saturated heterocycles. The smallest absolute Gasteiger partial charge is 0.227 e. The number of benzene rings is 2. The van der Waals surface area contributed by atoms with Crippen molar-refractivity contribution in [1.82, 2.24) is 5.32 Å². The monoisotopic (exact) mass is 394 g/mol. The maximum atomic E-state index is 12.8. The van der Waals surface area contributed by atoms with Gasteiger partial charge in [0.1, 0.15) is 13.2 Å². The molecule has 152 valence electrons. The summed E-state index contributed by atoms with van der Waals surface area (Å²) in [7, 11) is 0. The Hall–Kier alpha value is -3.02. The van der Waals surface area contributed by atoms with Gasteiger partial charge in [-0.15, -0.1) is 0 Å². The molecule has 1 N–H and O–H groups in total. The van der Waals surface area contributed by atoms with E-state index < -0.39 is 0 Å². The van der Waals surface area contributed by atoms with E-state index in [0.29, 0.717) is 31.3 Å². The molecule has 4 rings (SSSR count). The highest BCUT2D eigenvalue weighted by Gasteiger charge is 2.36. The van der Waals surface area contributed by atoms with Gasteiger partial charge in [-0.05, 0) is 38.5 Å². The number of fused-ring (bicyclic) bond motifs is 1. The summed E-state index contributed by atoms with van der Waals surface area (Å²) in [6.07, 6.45) is 0.208. The average molecular weight is 394 g/mol. The number of hydrogen-bond donors (Lipinski definition) is 1. The molecule has 2 aliphatic rings. The molecule has 2 heterocycles. The van der Waals surface area contributed by atoms with E-state index in [1.165, 1.54) is 11.1 Å². The van der Waals surface area contributed by atoms with E-state index in [0.717, 1.165) is 11.3 Å². The standard InChI is InChI=1S/C23H26N2O4/c1-14-8-15(2)10-17(9-14)16(3)24-23(27)18-11-22(26)25(13-18)19-4-5-20-21(12-19)29-7-6-28-20/h4-5,8-10,12,16,18H,6-7,11,13H2,1-3H3,(H,24,27). The highest BCUT2D eigenvalue weighted by atomic mass is 16.6. The zero-order valence-corrected chi connectivity index (χ0v) is 17.0. The molecule has 6 nitrogen and oxygen atoms in total. The Morgan fingerprint density at radius 1 is 1.07 bits per heavy atom. The zero-order valence-electron chi connectivity index (χ0n) is 17.0. The van der Waals surface area contributed by atoms with Crippen molar-refractivity contribution in [3.8, 4) is 11.5 Å². The SMILES string of the molecule is Cc1cc(C)cc(C(C)NC(=O)C2CC(=O)N(c3ccc4c(c3)OCCO4)C2)c1. The number of rotatable bonds is 4. The number of carbonyl (C=O) groups is 2. The van der Waals surface area contributed by atoms with Crippen LogP contribution in [0, 0.1) is 19.8 Å². The van der Waals surface area contributed by atoms with Crippen molar-refractivity contribution in [1.29, 1.82) is 0 Å². The van der Waals surface area contributed by atoms with E-state index in [9.17, 15) is 9.59 Å². The van der Waals surface area contributed by atoms with Crippen LogP contribution in [-0.4, -0.2) is 31.6 Å². The fourth-order valence-corrected chi connectivity index (χ4v) is 4.01. The van der Waals surface area contributed by atoms with Gasteiger partial charge in [0.05, 0.1) is 12.0 Å². The Morgan fingerprint density at radius 2 is 1.76 bits per heavy atom. The van der Waals surface area contributed by atoms with Crippen molar-refractivity contribution in [3.05, 3.63) is 53.1 Å². The Labute approximate surface area is 170 Å². The number of amides is 2. The molecule has 0 saturated carbocycles. The number of nitrogens with one attached hydrogen (secondary N) is 1. The topological polar surface area (TPSA) is 67.9 Å². The van der Waals surface area contributed by atoms with Crippen LogP contribution in [-0.2, 0) is 9.59 Å². The predicted molar refractivity (Wildman–Crippen MR) is 110 cm³/mol. The first-order valence-corrected chi connectivity index (χ1v) is 9.99. The van der Waals surface area contributed by atoms with Crippen molar-refractivity contribution in [2.45, 2.75) is 33.2 Å². The highest BCUT2D eigenvalue weighted by Crippen LogP contribution is 2.36. The van der Waals surface area contributed by atoms with E-state index in [1.807, 2.05) is 39.0 Å². The van der Waals surface area contributed by atoms with Gasteiger partial charge in [0.25, 0.3) is 0 Å². The summed E-state index contributed by atoms with van der Waals surface area (Å²) in [4.78, 5) is 27.1. The first-order valence-electron chi connectivity index (χ1n) is 9.99. The van der Waals surface area contributed by atoms with Crippen LogP contribution in [0.5, 0.6) is 11.5 Å². The summed E-state index contributed by atoms with van der Waals surface area (Å²) >= 11 is 0. The fourth-order valence-electron chi connectivity index (χ4n) is 4.01. The van der Waals surface area contributed by atoms with Crippen LogP contribution in [0.3, 0.4) is 0 Å². The van der Waals surface area contributed by atoms with E-state index in [4.69, 9.17) is 9.47 Å². The van der Waals surface area contributed by atoms with Crippen LogP contribution < -0.4 is 19.7 Å². The molecule has 29 heavy (non-hydrogen) atoms. The second kappa shape index (κ2) is 7.78. The summed E-state index contributed by atoms with van der Waals surface area (Å²) in [5.41, 5.74) is 4.14. The van der Waals surface area contributed by atoms with Crippen molar-refractivity contribution in [3.63, 3.8) is 0 Å². The molecule has 0 aromatic heterocycles. The minimum atomic E-state index is -0.371. The molecular formula is C23H26N2O4. The third-order valence-electron chi connectivity index (χ3n) is 5.44. The molecule has 2 amide bonds. The largest absolute Gasteiger partial charge is 0.486 e. The van der Waals surface area contributed by atoms with Gasteiger partial charge in [-0.1, -0.05) is 29.3 Å². The minimum Gasteiger partial charge on any atom is -0.486 e. The number of nitrogens with zero attached hydrogens (tertiary/aromatic N) is 1. The lowest BCUT2D eigenvalue weighted by molar-refractivity contribution is -0.126. The zero-order chi connectivity index (χ0) is 20.5. The number of aryl methyl sites for hydroxylation is 2. The van der Waals surface area contributed by atoms with Crippen LogP contribution >= 0.6 is 0 Å². The maximum absolute atomic E-state index is 12.8. The Kier molecular flexibility index (Phi) is 5.18. The molecule has 2 aromatic rings. The van der Waals surface area contributed by atoms with Gasteiger partial charge in [-0.2, -0.15) is 0 Å². The Morgan fingerprint density at radius 3 is 2.48 bits per heavy atom. The van der Waals surface area contributed by atoms with Crippen LogP contribution in [0.15, 0.2) is 36.4 Å². The molecule has 0 spiro atoms. The average Bonchev–Trinajstić information content (AvgIpc) is 3.08. The molecule has 1 fully saturated rings. The van der Waals surface area contributed by atoms with Crippen LogP contribution in [0.4, 0.5) is 5.69 Å². The predicted octanol–water partition coefficient (Wildman–Crippen LogP) is 3.30. The maximum Gasteiger partial charge on any atom is 0.227 e. The second-order valence-corrected chi connectivity index (χ2v) is 7.88. The van der Waals surface area contributed by atoms with Gasteiger partial charge in [-0.25, -0.2) is 0 Å². The molecule has 6 heteroatoms. The summed E-state index contributed by atoms with van der Waals surface area (Å²) in [6.45, 7) is 7.45. The van der Waals surface area contributed by atoms with E-state index in [2.05, 4.69) is 23.5 Å². The molecule has 2 aliphatic heterocycles. The Bertz CT molecular complexity index is 936. The third-order valence-corrected chi connectivity index (χ3v) is 5.44. The quantitative estimate of drug-likeness (QED) is 0.864. The Balaban J connectivity index is 1.44.